The third-order valence-electron chi connectivity index (χ3n) is 4.71. The molecular formula is C24H22Cl2FN2OS+. The highest BCUT2D eigenvalue weighted by atomic mass is 35.5. The van der Waals surface area contributed by atoms with Crippen molar-refractivity contribution in [3.63, 3.8) is 0 Å². The fraction of sp³-hybridized carbons (Fsp3) is 0.167. The van der Waals surface area contributed by atoms with Crippen LogP contribution in [0.15, 0.2) is 67.0 Å². The largest absolute Gasteiger partial charge is 0.502 e. The Kier molecular flexibility index (Phi) is 6.99. The molecular weight excluding hydrogens is 454 g/mol. The van der Waals surface area contributed by atoms with Crippen molar-refractivity contribution < 1.29 is 14.1 Å². The Labute approximate surface area is 196 Å². The van der Waals surface area contributed by atoms with Crippen molar-refractivity contribution >= 4 is 57.6 Å². The van der Waals surface area contributed by atoms with E-state index in [1.54, 1.807) is 53.4 Å². The van der Waals surface area contributed by atoms with Gasteiger partial charge in [0.2, 0.25) is 0 Å². The van der Waals surface area contributed by atoms with E-state index >= 15 is 0 Å². The predicted octanol–water partition coefficient (Wildman–Crippen LogP) is 7.04. The van der Waals surface area contributed by atoms with Crippen molar-refractivity contribution in [1.29, 1.82) is 0 Å². The lowest BCUT2D eigenvalue weighted by Crippen LogP contribution is -2.39. The number of rotatable bonds is 4. The number of aliphatic hydroxyl groups excluding tert-OH is 1. The van der Waals surface area contributed by atoms with Gasteiger partial charge in [-0.3, -0.25) is 0 Å². The molecule has 0 radical (unpaired) electrons. The molecule has 7 heteroatoms. The molecule has 0 amide bonds. The summed E-state index contributed by atoms with van der Waals surface area (Å²) in [5.41, 5.74) is 1.98. The zero-order chi connectivity index (χ0) is 22.8. The van der Waals surface area contributed by atoms with Crippen molar-refractivity contribution in [3.8, 4) is 0 Å². The van der Waals surface area contributed by atoms with E-state index in [2.05, 4.69) is 26.1 Å². The van der Waals surface area contributed by atoms with Crippen molar-refractivity contribution in [2.24, 2.45) is 0 Å². The van der Waals surface area contributed by atoms with Gasteiger partial charge in [0.1, 0.15) is 5.82 Å². The van der Waals surface area contributed by atoms with E-state index in [4.69, 9.17) is 35.4 Å². The normalized spacial score (nSPS) is 12.3. The standard InChI is InChI=1S/C24H21Cl2FN2OS/c1-24(2,3)16-10-12-29(13-11-16)21(22(30)15-8-9-17(25)18(26)14-15)23(31)28-20-7-5-4-6-19(20)27/h4-14H,1-3H3,(H-,28,30,31)/p+1. The number of nitrogens with one attached hydrogen (secondary N) is 1. The van der Waals surface area contributed by atoms with Gasteiger partial charge in [0.15, 0.2) is 23.1 Å². The Morgan fingerprint density at radius 1 is 1.00 bits per heavy atom. The maximum absolute atomic E-state index is 14.2. The van der Waals surface area contributed by atoms with Gasteiger partial charge in [0, 0.05) is 17.7 Å². The van der Waals surface area contributed by atoms with E-state index in [1.807, 2.05) is 12.1 Å². The fourth-order valence-corrected chi connectivity index (χ4v) is 3.56. The van der Waals surface area contributed by atoms with Gasteiger partial charge in [-0.25, -0.2) is 4.39 Å². The highest BCUT2D eigenvalue weighted by Crippen LogP contribution is 2.28. The number of thiocarbonyl (C=S) groups is 1. The monoisotopic (exact) mass is 475 g/mol. The first kappa shape index (κ1) is 23.2. The minimum Gasteiger partial charge on any atom is -0.502 e. The molecule has 0 unspecified atom stereocenters. The van der Waals surface area contributed by atoms with E-state index in [1.165, 1.54) is 6.07 Å². The summed E-state index contributed by atoms with van der Waals surface area (Å²) in [7, 11) is 0. The smallest absolute Gasteiger partial charge is 0.288 e. The molecule has 0 bridgehead atoms. The van der Waals surface area contributed by atoms with Crippen LogP contribution >= 0.6 is 35.4 Å². The maximum Gasteiger partial charge on any atom is 0.288 e. The van der Waals surface area contributed by atoms with Crippen LogP contribution in [0.1, 0.15) is 31.9 Å². The third kappa shape index (κ3) is 5.42. The lowest BCUT2D eigenvalue weighted by Gasteiger charge is -2.18. The summed E-state index contributed by atoms with van der Waals surface area (Å²) in [6.07, 6.45) is 3.61. The summed E-state index contributed by atoms with van der Waals surface area (Å²) in [5, 5.41) is 14.7. The van der Waals surface area contributed by atoms with Crippen LogP contribution in [0.5, 0.6) is 0 Å². The lowest BCUT2D eigenvalue weighted by atomic mass is 9.88. The molecule has 160 valence electrons. The molecule has 3 aromatic rings. The van der Waals surface area contributed by atoms with Crippen LogP contribution in [0, 0.1) is 5.82 Å². The summed E-state index contributed by atoms with van der Waals surface area (Å²) >= 11 is 17.7. The van der Waals surface area contributed by atoms with Crippen molar-refractivity contribution in [1.82, 2.24) is 0 Å². The van der Waals surface area contributed by atoms with E-state index in [9.17, 15) is 9.50 Å². The van der Waals surface area contributed by atoms with E-state index in [0.717, 1.165) is 5.56 Å². The number of aromatic nitrogens is 1. The first-order valence-electron chi connectivity index (χ1n) is 9.54. The molecule has 3 rings (SSSR count). The van der Waals surface area contributed by atoms with Crippen molar-refractivity contribution in [2.45, 2.75) is 26.2 Å². The second kappa shape index (κ2) is 9.35. The summed E-state index contributed by atoms with van der Waals surface area (Å²) in [4.78, 5) is 0.141. The van der Waals surface area contributed by atoms with Crippen LogP contribution in [0.3, 0.4) is 0 Å². The molecule has 3 nitrogen and oxygen atoms in total. The molecule has 2 N–H and O–H groups in total. The highest BCUT2D eigenvalue weighted by molar-refractivity contribution is 7.81. The molecule has 0 aliphatic carbocycles. The zero-order valence-corrected chi connectivity index (χ0v) is 19.6. The van der Waals surface area contributed by atoms with E-state index in [-0.39, 0.29) is 27.5 Å². The minimum atomic E-state index is -0.452. The molecule has 0 saturated heterocycles. The van der Waals surface area contributed by atoms with Crippen LogP contribution in [0.4, 0.5) is 10.1 Å². The lowest BCUT2D eigenvalue weighted by molar-refractivity contribution is -0.575. The summed E-state index contributed by atoms with van der Waals surface area (Å²) in [6.45, 7) is 6.34. The molecule has 0 fully saturated rings. The van der Waals surface area contributed by atoms with Crippen LogP contribution in [0.25, 0.3) is 11.5 Å². The molecule has 0 aliphatic rings. The first-order valence-corrected chi connectivity index (χ1v) is 10.7. The summed E-state index contributed by atoms with van der Waals surface area (Å²) in [5.74, 6) is -0.577. The Balaban J connectivity index is 2.12. The molecule has 0 aliphatic heterocycles. The number of hydrogen-bond donors (Lipinski definition) is 2. The average Bonchev–Trinajstić information content (AvgIpc) is 2.71. The van der Waals surface area contributed by atoms with Gasteiger partial charge in [-0.05, 0) is 41.3 Å². The van der Waals surface area contributed by atoms with Gasteiger partial charge in [-0.1, -0.05) is 68.3 Å². The SMILES string of the molecule is CC(C)(C)c1cc[n+](/C(C(=S)Nc2ccccc2F)=C(\O)c2ccc(Cl)c(Cl)c2)cc1. The van der Waals surface area contributed by atoms with Gasteiger partial charge in [0.25, 0.3) is 5.70 Å². The molecule has 0 atom stereocenters. The fourth-order valence-electron chi connectivity index (χ4n) is 2.95. The summed E-state index contributed by atoms with van der Waals surface area (Å²) in [6, 6.07) is 14.9. The molecule has 0 saturated carbocycles. The Hall–Kier alpha value is -2.47. The number of aliphatic hydroxyl groups is 1. The minimum absolute atomic E-state index is 0.0410. The second-order valence-corrected chi connectivity index (χ2v) is 9.23. The van der Waals surface area contributed by atoms with Gasteiger partial charge in [-0.15, -0.1) is 0 Å². The Bertz CT molecular complexity index is 1150. The molecule has 1 aromatic heterocycles. The van der Waals surface area contributed by atoms with E-state index in [0.29, 0.717) is 15.6 Å². The molecule has 0 spiro atoms. The molecule has 1 heterocycles. The highest BCUT2D eigenvalue weighted by Gasteiger charge is 2.26. The number of halogens is 3. The van der Waals surface area contributed by atoms with Gasteiger partial charge >= 0.3 is 0 Å². The van der Waals surface area contributed by atoms with Crippen LogP contribution in [0.2, 0.25) is 10.0 Å². The Morgan fingerprint density at radius 2 is 1.65 bits per heavy atom. The zero-order valence-electron chi connectivity index (χ0n) is 17.3. The topological polar surface area (TPSA) is 36.1 Å². The van der Waals surface area contributed by atoms with E-state index < -0.39 is 5.82 Å². The molecule has 2 aromatic carbocycles. The second-order valence-electron chi connectivity index (χ2n) is 8.00. The third-order valence-corrected chi connectivity index (χ3v) is 5.74. The van der Waals surface area contributed by atoms with Crippen LogP contribution in [-0.2, 0) is 5.41 Å². The average molecular weight is 476 g/mol. The first-order chi connectivity index (χ1) is 14.6. The number of anilines is 1. The maximum atomic E-state index is 14.2. The van der Waals surface area contributed by atoms with Crippen LogP contribution < -0.4 is 9.88 Å². The van der Waals surface area contributed by atoms with Crippen LogP contribution in [-0.4, -0.2) is 10.1 Å². The van der Waals surface area contributed by atoms with Crippen molar-refractivity contribution in [2.75, 3.05) is 5.32 Å². The number of pyridine rings is 1. The van der Waals surface area contributed by atoms with Crippen molar-refractivity contribution in [3.05, 3.63) is 94.0 Å². The molecule has 31 heavy (non-hydrogen) atoms. The van der Waals surface area contributed by atoms with Gasteiger partial charge < -0.3 is 10.4 Å². The number of para-hydroxylation sites is 1. The predicted molar refractivity (Wildman–Crippen MR) is 130 cm³/mol. The summed E-state index contributed by atoms with van der Waals surface area (Å²) < 4.78 is 15.9. The van der Waals surface area contributed by atoms with Gasteiger partial charge in [0.05, 0.1) is 15.7 Å². The number of benzene rings is 2. The quantitative estimate of drug-likeness (QED) is 0.184. The number of nitrogens with zero attached hydrogens (tertiary/aromatic N) is 1. The number of hydrogen-bond acceptors (Lipinski definition) is 2. The van der Waals surface area contributed by atoms with Gasteiger partial charge in [-0.2, -0.15) is 4.57 Å². The Morgan fingerprint density at radius 3 is 2.23 bits per heavy atom.